The van der Waals surface area contributed by atoms with Crippen LogP contribution in [0.25, 0.3) is 0 Å². The molecule has 0 spiro atoms. The molecular weight excluding hydrogens is 389 g/mol. The molecule has 1 N–H and O–H groups in total. The molecule has 2 aromatic rings. The van der Waals surface area contributed by atoms with Gasteiger partial charge in [-0.3, -0.25) is 14.5 Å². The minimum atomic E-state index is -0.614. The van der Waals surface area contributed by atoms with Crippen molar-refractivity contribution >= 4 is 51.7 Å². The normalized spacial score (nSPS) is 18.6. The standard InChI is InChI=1S/C19H17ClFN3O2S/c1-2-24-17(25)11-16(18(26)22-14-9-5-13(21)6-10-14)27-19(24)23-15-7-3-12(20)4-8-15/h3-10,16H,2,11H2,1H3,(H,22,26). The van der Waals surface area contributed by atoms with Crippen molar-refractivity contribution in [1.82, 2.24) is 4.90 Å². The summed E-state index contributed by atoms with van der Waals surface area (Å²) in [6.07, 6.45) is 0.0746. The summed E-state index contributed by atoms with van der Waals surface area (Å²) in [4.78, 5) is 31.1. The van der Waals surface area contributed by atoms with Crippen molar-refractivity contribution in [1.29, 1.82) is 0 Å². The molecule has 140 valence electrons. The molecule has 1 unspecified atom stereocenters. The summed E-state index contributed by atoms with van der Waals surface area (Å²) in [5, 5.41) is 3.16. The number of aliphatic imine (C=N–C) groups is 1. The van der Waals surface area contributed by atoms with Gasteiger partial charge in [0.1, 0.15) is 11.1 Å². The molecule has 1 fully saturated rings. The molecular formula is C19H17ClFN3O2S. The number of carbonyl (C=O) groups excluding carboxylic acids is 2. The number of carbonyl (C=O) groups is 2. The Morgan fingerprint density at radius 3 is 2.56 bits per heavy atom. The summed E-state index contributed by atoms with van der Waals surface area (Å²) in [6.45, 7) is 2.32. The molecule has 0 saturated carbocycles. The number of benzene rings is 2. The maximum absolute atomic E-state index is 13.0. The molecule has 0 radical (unpaired) electrons. The minimum absolute atomic E-state index is 0.0746. The van der Waals surface area contributed by atoms with Crippen molar-refractivity contribution in [2.24, 2.45) is 4.99 Å². The molecule has 2 amide bonds. The predicted molar refractivity (Wildman–Crippen MR) is 107 cm³/mol. The van der Waals surface area contributed by atoms with E-state index >= 15 is 0 Å². The van der Waals surface area contributed by atoms with Crippen LogP contribution in [-0.2, 0) is 9.59 Å². The van der Waals surface area contributed by atoms with E-state index < -0.39 is 5.25 Å². The Balaban J connectivity index is 1.79. The number of halogens is 2. The molecule has 3 rings (SSSR count). The lowest BCUT2D eigenvalue weighted by Crippen LogP contribution is -2.45. The summed E-state index contributed by atoms with van der Waals surface area (Å²) >= 11 is 7.12. The van der Waals surface area contributed by atoms with Gasteiger partial charge in [0.05, 0.1) is 5.69 Å². The Bertz CT molecular complexity index is 872. The van der Waals surface area contributed by atoms with Crippen LogP contribution in [0.5, 0.6) is 0 Å². The van der Waals surface area contributed by atoms with Gasteiger partial charge in [0.25, 0.3) is 0 Å². The third-order valence-electron chi connectivity index (χ3n) is 3.91. The molecule has 1 atom stereocenters. The van der Waals surface area contributed by atoms with Crippen LogP contribution in [0.1, 0.15) is 13.3 Å². The number of nitrogens with zero attached hydrogens (tertiary/aromatic N) is 2. The highest BCUT2D eigenvalue weighted by molar-refractivity contribution is 8.15. The lowest BCUT2D eigenvalue weighted by atomic mass is 10.2. The molecule has 2 aromatic carbocycles. The van der Waals surface area contributed by atoms with Crippen molar-refractivity contribution < 1.29 is 14.0 Å². The monoisotopic (exact) mass is 405 g/mol. The highest BCUT2D eigenvalue weighted by Crippen LogP contribution is 2.30. The van der Waals surface area contributed by atoms with E-state index in [0.29, 0.717) is 28.1 Å². The molecule has 0 aromatic heterocycles. The number of amides is 2. The first-order valence-corrected chi connectivity index (χ1v) is 9.59. The lowest BCUT2D eigenvalue weighted by Gasteiger charge is -2.30. The van der Waals surface area contributed by atoms with Crippen molar-refractivity contribution in [2.75, 3.05) is 11.9 Å². The van der Waals surface area contributed by atoms with Gasteiger partial charge in [-0.15, -0.1) is 0 Å². The molecule has 1 heterocycles. The van der Waals surface area contributed by atoms with Crippen LogP contribution < -0.4 is 5.32 Å². The smallest absolute Gasteiger partial charge is 0.238 e. The van der Waals surface area contributed by atoms with E-state index in [2.05, 4.69) is 10.3 Å². The first kappa shape index (κ1) is 19.4. The van der Waals surface area contributed by atoms with Crippen LogP contribution in [0, 0.1) is 5.82 Å². The maximum atomic E-state index is 13.0. The SMILES string of the molecule is CCN1C(=O)CC(C(=O)Nc2ccc(F)cc2)SC1=Nc1ccc(Cl)cc1. The third-order valence-corrected chi connectivity index (χ3v) is 5.35. The Morgan fingerprint density at radius 2 is 1.93 bits per heavy atom. The van der Waals surface area contributed by atoms with Crippen molar-refractivity contribution in [3.63, 3.8) is 0 Å². The summed E-state index contributed by atoms with van der Waals surface area (Å²) in [6, 6.07) is 12.4. The third kappa shape index (κ3) is 4.87. The highest BCUT2D eigenvalue weighted by atomic mass is 35.5. The van der Waals surface area contributed by atoms with Gasteiger partial charge in [-0.05, 0) is 55.5 Å². The summed E-state index contributed by atoms with van der Waals surface area (Å²) in [5.41, 5.74) is 1.12. The number of nitrogens with one attached hydrogen (secondary N) is 1. The average Bonchev–Trinajstić information content (AvgIpc) is 2.65. The van der Waals surface area contributed by atoms with Gasteiger partial charge in [-0.2, -0.15) is 0 Å². The molecule has 0 bridgehead atoms. The molecule has 5 nitrogen and oxygen atoms in total. The zero-order chi connectivity index (χ0) is 19.4. The molecule has 8 heteroatoms. The first-order chi connectivity index (χ1) is 13.0. The Hall–Kier alpha value is -2.38. The number of anilines is 1. The van der Waals surface area contributed by atoms with Crippen LogP contribution in [0.15, 0.2) is 53.5 Å². The van der Waals surface area contributed by atoms with Gasteiger partial charge < -0.3 is 5.32 Å². The zero-order valence-electron chi connectivity index (χ0n) is 14.5. The summed E-state index contributed by atoms with van der Waals surface area (Å²) < 4.78 is 13.0. The van der Waals surface area contributed by atoms with Crippen molar-refractivity contribution in [3.05, 3.63) is 59.4 Å². The van der Waals surface area contributed by atoms with Crippen molar-refractivity contribution in [3.8, 4) is 0 Å². The molecule has 1 saturated heterocycles. The topological polar surface area (TPSA) is 61.8 Å². The fourth-order valence-corrected chi connectivity index (χ4v) is 3.82. The largest absolute Gasteiger partial charge is 0.325 e. The number of rotatable bonds is 4. The summed E-state index contributed by atoms with van der Waals surface area (Å²) in [5.74, 6) is -0.867. The number of thioether (sulfide) groups is 1. The zero-order valence-corrected chi connectivity index (χ0v) is 16.1. The molecule has 1 aliphatic rings. The Kier molecular flexibility index (Phi) is 6.13. The minimum Gasteiger partial charge on any atom is -0.325 e. The predicted octanol–water partition coefficient (Wildman–Crippen LogP) is 4.46. The van der Waals surface area contributed by atoms with Crippen LogP contribution >= 0.6 is 23.4 Å². The van der Waals surface area contributed by atoms with Crippen LogP contribution in [0.4, 0.5) is 15.8 Å². The van der Waals surface area contributed by atoms with Crippen LogP contribution in [0.3, 0.4) is 0 Å². The molecule has 0 aliphatic carbocycles. The average molecular weight is 406 g/mol. The second kappa shape index (κ2) is 8.54. The van der Waals surface area contributed by atoms with Gasteiger partial charge in [-0.25, -0.2) is 9.38 Å². The van der Waals surface area contributed by atoms with E-state index in [1.165, 1.54) is 36.0 Å². The van der Waals surface area contributed by atoms with E-state index in [1.807, 2.05) is 6.92 Å². The van der Waals surface area contributed by atoms with Gasteiger partial charge >= 0.3 is 0 Å². The van der Waals surface area contributed by atoms with Gasteiger partial charge in [-0.1, -0.05) is 23.4 Å². The maximum Gasteiger partial charge on any atom is 0.238 e. The van der Waals surface area contributed by atoms with E-state index in [9.17, 15) is 14.0 Å². The fraction of sp³-hybridized carbons (Fsp3) is 0.211. The van der Waals surface area contributed by atoms with Crippen LogP contribution in [0.2, 0.25) is 5.02 Å². The van der Waals surface area contributed by atoms with Gasteiger partial charge in [0, 0.05) is 23.7 Å². The second-order valence-corrected chi connectivity index (χ2v) is 7.42. The number of amidine groups is 1. The Labute approximate surface area is 165 Å². The van der Waals surface area contributed by atoms with Crippen LogP contribution in [-0.4, -0.2) is 33.7 Å². The Morgan fingerprint density at radius 1 is 1.26 bits per heavy atom. The van der Waals surface area contributed by atoms with Gasteiger partial charge in [0.15, 0.2) is 5.17 Å². The fourth-order valence-electron chi connectivity index (χ4n) is 2.53. The number of hydrogen-bond acceptors (Lipinski definition) is 4. The second-order valence-electron chi connectivity index (χ2n) is 5.82. The van der Waals surface area contributed by atoms with E-state index in [-0.39, 0.29) is 24.1 Å². The van der Waals surface area contributed by atoms with Crippen molar-refractivity contribution in [2.45, 2.75) is 18.6 Å². The summed E-state index contributed by atoms with van der Waals surface area (Å²) in [7, 11) is 0. The highest BCUT2D eigenvalue weighted by Gasteiger charge is 2.35. The van der Waals surface area contributed by atoms with Gasteiger partial charge in [0.2, 0.25) is 11.8 Å². The lowest BCUT2D eigenvalue weighted by molar-refractivity contribution is -0.129. The van der Waals surface area contributed by atoms with E-state index in [0.717, 1.165) is 0 Å². The molecule has 27 heavy (non-hydrogen) atoms. The molecule has 1 aliphatic heterocycles. The van der Waals surface area contributed by atoms with E-state index in [1.54, 1.807) is 29.2 Å². The number of hydrogen-bond donors (Lipinski definition) is 1. The quantitative estimate of drug-likeness (QED) is 0.816. The van der Waals surface area contributed by atoms with E-state index in [4.69, 9.17) is 11.6 Å². The first-order valence-electron chi connectivity index (χ1n) is 8.34.